The van der Waals surface area contributed by atoms with Crippen molar-refractivity contribution in [1.29, 1.82) is 0 Å². The molecule has 0 radical (unpaired) electrons. The van der Waals surface area contributed by atoms with E-state index < -0.39 is 10.0 Å². The van der Waals surface area contributed by atoms with E-state index in [2.05, 4.69) is 10.3 Å². The Morgan fingerprint density at radius 2 is 2.08 bits per heavy atom. The van der Waals surface area contributed by atoms with Gasteiger partial charge in [-0.3, -0.25) is 9.78 Å². The number of carbonyl (C=O) groups is 1. The van der Waals surface area contributed by atoms with Crippen molar-refractivity contribution in [1.82, 2.24) is 14.6 Å². The van der Waals surface area contributed by atoms with Crippen LogP contribution in [0.3, 0.4) is 0 Å². The number of ether oxygens (including phenoxy) is 1. The molecule has 1 aliphatic heterocycles. The molecule has 0 aliphatic carbocycles. The first-order valence-corrected chi connectivity index (χ1v) is 10.5. The number of carbonyl (C=O) groups excluding carboxylic acids is 1. The summed E-state index contributed by atoms with van der Waals surface area (Å²) in [6.07, 6.45) is 4.27. The van der Waals surface area contributed by atoms with E-state index >= 15 is 0 Å². The maximum Gasteiger partial charge on any atom is 0.251 e. The van der Waals surface area contributed by atoms with Gasteiger partial charge in [0, 0.05) is 49.5 Å². The number of rotatable bonds is 6. The van der Waals surface area contributed by atoms with Crippen LogP contribution in [0.4, 0.5) is 0 Å². The first-order chi connectivity index (χ1) is 12.4. The lowest BCUT2D eigenvalue weighted by Gasteiger charge is -2.32. The van der Waals surface area contributed by atoms with Gasteiger partial charge in [-0.15, -0.1) is 0 Å². The predicted octanol–water partition coefficient (Wildman–Crippen LogP) is 1.41. The summed E-state index contributed by atoms with van der Waals surface area (Å²) in [5, 5.41) is 3.70. The summed E-state index contributed by atoms with van der Waals surface area (Å²) < 4.78 is 31.0. The van der Waals surface area contributed by atoms with Crippen LogP contribution in [0.15, 0.2) is 36.5 Å². The van der Waals surface area contributed by atoms with Crippen molar-refractivity contribution in [2.75, 3.05) is 32.6 Å². The molecule has 1 fully saturated rings. The molecule has 1 aromatic carbocycles. The lowest BCUT2D eigenvalue weighted by molar-refractivity contribution is 0.0585. The monoisotopic (exact) mass is 377 g/mol. The molecule has 1 aromatic heterocycles. The summed E-state index contributed by atoms with van der Waals surface area (Å²) in [4.78, 5) is 16.6. The number of fused-ring (bicyclic) bond motifs is 1. The first kappa shape index (κ1) is 18.8. The topological polar surface area (TPSA) is 88.6 Å². The molecule has 0 bridgehead atoms. The summed E-state index contributed by atoms with van der Waals surface area (Å²) in [5.74, 6) is -0.226. The second kappa shape index (κ2) is 8.11. The van der Waals surface area contributed by atoms with E-state index in [9.17, 15) is 13.2 Å². The summed E-state index contributed by atoms with van der Waals surface area (Å²) >= 11 is 0. The van der Waals surface area contributed by atoms with Crippen LogP contribution in [0.1, 0.15) is 23.2 Å². The molecule has 0 unspecified atom stereocenters. The van der Waals surface area contributed by atoms with E-state index in [0.29, 0.717) is 31.6 Å². The Bertz CT molecular complexity index is 879. The fourth-order valence-corrected chi connectivity index (χ4v) is 4.37. The Labute approximate surface area is 153 Å². The molecule has 1 N–H and O–H groups in total. The summed E-state index contributed by atoms with van der Waals surface area (Å²) in [6, 6.07) is 8.96. The number of nitrogens with one attached hydrogen (secondary N) is 1. The Hall–Kier alpha value is -2.03. The maximum atomic E-state index is 12.4. The number of aromatic nitrogens is 1. The number of nitrogens with zero attached hydrogens (tertiary/aromatic N) is 2. The van der Waals surface area contributed by atoms with Gasteiger partial charge in [-0.25, -0.2) is 8.42 Å². The number of sulfonamides is 1. The van der Waals surface area contributed by atoms with Gasteiger partial charge in [0.05, 0.1) is 11.8 Å². The molecule has 2 aromatic rings. The zero-order chi connectivity index (χ0) is 18.6. The second-order valence-electron chi connectivity index (χ2n) is 6.38. The lowest BCUT2D eigenvalue weighted by Crippen LogP contribution is -2.46. The Kier molecular flexibility index (Phi) is 5.85. The van der Waals surface area contributed by atoms with E-state index in [1.165, 1.54) is 10.6 Å². The van der Waals surface area contributed by atoms with E-state index in [1.54, 1.807) is 24.4 Å². The minimum Gasteiger partial charge on any atom is -0.381 e. The van der Waals surface area contributed by atoms with Crippen molar-refractivity contribution < 1.29 is 17.9 Å². The van der Waals surface area contributed by atoms with E-state index in [-0.39, 0.29) is 25.0 Å². The molecule has 0 spiro atoms. The third kappa shape index (κ3) is 4.57. The van der Waals surface area contributed by atoms with Crippen molar-refractivity contribution in [3.63, 3.8) is 0 Å². The van der Waals surface area contributed by atoms with Crippen molar-refractivity contribution in [2.24, 2.45) is 0 Å². The fraction of sp³-hybridized carbons (Fsp3) is 0.444. The summed E-state index contributed by atoms with van der Waals surface area (Å²) in [7, 11) is -3.34. The lowest BCUT2D eigenvalue weighted by atomic mass is 10.1. The van der Waals surface area contributed by atoms with Gasteiger partial charge in [-0.1, -0.05) is 6.07 Å². The van der Waals surface area contributed by atoms with Gasteiger partial charge in [0.25, 0.3) is 5.91 Å². The molecule has 2 heterocycles. The highest BCUT2D eigenvalue weighted by molar-refractivity contribution is 7.88. The number of hydrogen-bond donors (Lipinski definition) is 1. The molecule has 0 atom stereocenters. The van der Waals surface area contributed by atoms with Crippen LogP contribution in [0.2, 0.25) is 0 Å². The molecule has 1 aliphatic rings. The second-order valence-corrected chi connectivity index (χ2v) is 8.32. The smallest absolute Gasteiger partial charge is 0.251 e. The molecule has 1 amide bonds. The molecule has 1 saturated heterocycles. The zero-order valence-corrected chi connectivity index (χ0v) is 15.5. The van der Waals surface area contributed by atoms with Crippen LogP contribution in [0, 0.1) is 0 Å². The quantitative estimate of drug-likeness (QED) is 0.822. The van der Waals surface area contributed by atoms with Gasteiger partial charge < -0.3 is 10.1 Å². The van der Waals surface area contributed by atoms with E-state index in [1.807, 2.05) is 12.1 Å². The highest BCUT2D eigenvalue weighted by atomic mass is 32.2. The molecule has 3 rings (SSSR count). The Morgan fingerprint density at radius 1 is 1.31 bits per heavy atom. The fourth-order valence-electron chi connectivity index (χ4n) is 3.19. The van der Waals surface area contributed by atoms with Crippen LogP contribution in [0.25, 0.3) is 10.9 Å². The van der Waals surface area contributed by atoms with Crippen LogP contribution in [0.5, 0.6) is 0 Å². The Balaban J connectivity index is 1.61. The van der Waals surface area contributed by atoms with Crippen LogP contribution >= 0.6 is 0 Å². The third-order valence-corrected chi connectivity index (χ3v) is 5.84. The van der Waals surface area contributed by atoms with Crippen LogP contribution in [-0.4, -0.2) is 62.2 Å². The maximum absolute atomic E-state index is 12.4. The minimum atomic E-state index is -3.34. The third-order valence-electron chi connectivity index (χ3n) is 4.51. The van der Waals surface area contributed by atoms with Gasteiger partial charge in [0.15, 0.2) is 0 Å². The number of hydrogen-bond acceptors (Lipinski definition) is 5. The molecule has 26 heavy (non-hydrogen) atoms. The zero-order valence-electron chi connectivity index (χ0n) is 14.7. The van der Waals surface area contributed by atoms with E-state index in [4.69, 9.17) is 4.74 Å². The highest BCUT2D eigenvalue weighted by Gasteiger charge is 2.28. The molecular weight excluding hydrogens is 354 g/mol. The highest BCUT2D eigenvalue weighted by Crippen LogP contribution is 2.17. The standard InChI is InChI=1S/C18H23N3O4S/c1-26(23,24)21(16-6-11-25-12-7-16)10-9-20-18(22)15-4-5-17-14(13-15)3-2-8-19-17/h2-5,8,13,16H,6-7,9-12H2,1H3,(H,20,22). The number of benzene rings is 1. The Morgan fingerprint density at radius 3 is 2.81 bits per heavy atom. The van der Waals surface area contributed by atoms with Gasteiger partial charge in [-0.05, 0) is 37.1 Å². The van der Waals surface area contributed by atoms with Gasteiger partial charge in [-0.2, -0.15) is 4.31 Å². The molecule has 7 nitrogen and oxygen atoms in total. The number of pyridine rings is 1. The summed E-state index contributed by atoms with van der Waals surface area (Å²) in [6.45, 7) is 1.64. The molecule has 8 heteroatoms. The van der Waals surface area contributed by atoms with Crippen molar-refractivity contribution in [3.05, 3.63) is 42.1 Å². The summed E-state index contributed by atoms with van der Waals surface area (Å²) in [5.41, 5.74) is 1.36. The van der Waals surface area contributed by atoms with Crippen LogP contribution < -0.4 is 5.32 Å². The average Bonchev–Trinajstić information content (AvgIpc) is 2.64. The molecule has 140 valence electrons. The SMILES string of the molecule is CS(=O)(=O)N(CCNC(=O)c1ccc2ncccc2c1)C1CCOCC1. The van der Waals surface area contributed by atoms with Gasteiger partial charge >= 0.3 is 0 Å². The molecular formula is C18H23N3O4S. The number of amides is 1. The van der Waals surface area contributed by atoms with Gasteiger partial charge in [0.1, 0.15) is 0 Å². The van der Waals surface area contributed by atoms with Crippen molar-refractivity contribution in [3.8, 4) is 0 Å². The minimum absolute atomic E-state index is 0.0672. The predicted molar refractivity (Wildman–Crippen MR) is 99.5 cm³/mol. The van der Waals surface area contributed by atoms with E-state index in [0.717, 1.165) is 10.9 Å². The van der Waals surface area contributed by atoms with Gasteiger partial charge in [0.2, 0.25) is 10.0 Å². The van der Waals surface area contributed by atoms with Crippen molar-refractivity contribution >= 4 is 26.8 Å². The largest absolute Gasteiger partial charge is 0.381 e. The average molecular weight is 377 g/mol. The van der Waals surface area contributed by atoms with Crippen LogP contribution in [-0.2, 0) is 14.8 Å². The normalized spacial score (nSPS) is 16.1. The van der Waals surface area contributed by atoms with Crippen molar-refractivity contribution in [2.45, 2.75) is 18.9 Å². The molecule has 0 saturated carbocycles. The first-order valence-electron chi connectivity index (χ1n) is 8.63.